The summed E-state index contributed by atoms with van der Waals surface area (Å²) in [5.41, 5.74) is 1.31. The van der Waals surface area contributed by atoms with Gasteiger partial charge < -0.3 is 10.2 Å². The van der Waals surface area contributed by atoms with Gasteiger partial charge >= 0.3 is 0 Å². The third kappa shape index (κ3) is 5.21. The third-order valence-electron chi connectivity index (χ3n) is 3.53. The molecule has 0 bridgehead atoms. The summed E-state index contributed by atoms with van der Waals surface area (Å²) in [6.45, 7) is 9.99. The standard InChI is InChI=1S/C15H28N2O/c1-12(2)11-17(4)15(18)9-10-16-14-8-6-5-7-13(14)3/h12,14,16H,3,5-11H2,1-2,4H3. The molecule has 1 atom stereocenters. The van der Waals surface area contributed by atoms with Crippen molar-refractivity contribution in [2.75, 3.05) is 20.1 Å². The molecule has 3 nitrogen and oxygen atoms in total. The summed E-state index contributed by atoms with van der Waals surface area (Å²) in [5.74, 6) is 0.766. The molecule has 18 heavy (non-hydrogen) atoms. The molecule has 0 spiro atoms. The second-order valence-electron chi connectivity index (χ2n) is 5.83. The molecular formula is C15H28N2O. The number of carbonyl (C=O) groups is 1. The maximum atomic E-state index is 11.9. The Morgan fingerprint density at radius 2 is 2.22 bits per heavy atom. The molecule has 0 aromatic carbocycles. The molecule has 1 amide bonds. The van der Waals surface area contributed by atoms with Gasteiger partial charge in [0.05, 0.1) is 0 Å². The van der Waals surface area contributed by atoms with Gasteiger partial charge in [0.25, 0.3) is 0 Å². The summed E-state index contributed by atoms with van der Waals surface area (Å²) in [6.07, 6.45) is 5.45. The molecule has 1 saturated carbocycles. The van der Waals surface area contributed by atoms with Crippen LogP contribution in [0.4, 0.5) is 0 Å². The smallest absolute Gasteiger partial charge is 0.223 e. The molecule has 1 rings (SSSR count). The van der Waals surface area contributed by atoms with Crippen LogP contribution in [0.25, 0.3) is 0 Å². The van der Waals surface area contributed by atoms with Gasteiger partial charge in [-0.15, -0.1) is 0 Å². The van der Waals surface area contributed by atoms with E-state index in [4.69, 9.17) is 0 Å². The molecule has 1 unspecified atom stereocenters. The van der Waals surface area contributed by atoms with Gasteiger partial charge in [-0.1, -0.05) is 32.4 Å². The Bertz CT molecular complexity index is 286. The molecule has 0 aromatic rings. The summed E-state index contributed by atoms with van der Waals surface area (Å²) in [5, 5.41) is 3.46. The summed E-state index contributed by atoms with van der Waals surface area (Å²) < 4.78 is 0. The first kappa shape index (κ1) is 15.2. The van der Waals surface area contributed by atoms with Gasteiger partial charge in [0.15, 0.2) is 0 Å². The summed E-state index contributed by atoms with van der Waals surface area (Å²) >= 11 is 0. The molecule has 1 aliphatic rings. The van der Waals surface area contributed by atoms with Crippen molar-refractivity contribution in [2.45, 2.75) is 52.0 Å². The topological polar surface area (TPSA) is 32.3 Å². The Morgan fingerprint density at radius 1 is 1.50 bits per heavy atom. The van der Waals surface area contributed by atoms with E-state index in [1.165, 1.54) is 24.8 Å². The lowest BCUT2D eigenvalue weighted by Gasteiger charge is -2.26. The van der Waals surface area contributed by atoms with Gasteiger partial charge in [-0.05, 0) is 25.2 Å². The van der Waals surface area contributed by atoms with Gasteiger partial charge in [0.2, 0.25) is 5.91 Å². The molecule has 0 aromatic heterocycles. The summed E-state index contributed by atoms with van der Waals surface area (Å²) in [6, 6.07) is 0.432. The first-order valence-corrected chi connectivity index (χ1v) is 7.15. The fourth-order valence-corrected chi connectivity index (χ4v) is 2.52. The highest BCUT2D eigenvalue weighted by molar-refractivity contribution is 5.76. The number of hydrogen-bond donors (Lipinski definition) is 1. The highest BCUT2D eigenvalue weighted by Crippen LogP contribution is 2.21. The predicted octanol–water partition coefficient (Wildman–Crippen LogP) is 2.58. The van der Waals surface area contributed by atoms with Crippen molar-refractivity contribution in [3.8, 4) is 0 Å². The second-order valence-corrected chi connectivity index (χ2v) is 5.83. The predicted molar refractivity (Wildman–Crippen MR) is 76.5 cm³/mol. The van der Waals surface area contributed by atoms with Crippen molar-refractivity contribution in [1.29, 1.82) is 0 Å². The lowest BCUT2D eigenvalue weighted by Crippen LogP contribution is -2.37. The van der Waals surface area contributed by atoms with E-state index in [0.717, 1.165) is 19.5 Å². The van der Waals surface area contributed by atoms with E-state index >= 15 is 0 Å². The van der Waals surface area contributed by atoms with Crippen molar-refractivity contribution in [1.82, 2.24) is 10.2 Å². The Balaban J connectivity index is 2.20. The average molecular weight is 252 g/mol. The monoisotopic (exact) mass is 252 g/mol. The number of carbonyl (C=O) groups excluding carboxylic acids is 1. The average Bonchev–Trinajstić information content (AvgIpc) is 2.30. The number of amides is 1. The number of hydrogen-bond acceptors (Lipinski definition) is 2. The maximum Gasteiger partial charge on any atom is 0.223 e. The minimum atomic E-state index is 0.234. The largest absolute Gasteiger partial charge is 0.345 e. The SMILES string of the molecule is C=C1CCCCC1NCCC(=O)N(C)CC(C)C. The highest BCUT2D eigenvalue weighted by Gasteiger charge is 2.17. The molecule has 104 valence electrons. The van der Waals surface area contributed by atoms with Crippen LogP contribution < -0.4 is 5.32 Å². The Kier molecular flexibility index (Phi) is 6.41. The van der Waals surface area contributed by atoms with Crippen LogP contribution in [0.1, 0.15) is 46.0 Å². The normalized spacial score (nSPS) is 20.2. The molecule has 3 heteroatoms. The quantitative estimate of drug-likeness (QED) is 0.737. The van der Waals surface area contributed by atoms with Gasteiger partial charge in [0, 0.05) is 32.6 Å². The summed E-state index contributed by atoms with van der Waals surface area (Å²) in [7, 11) is 1.89. The van der Waals surface area contributed by atoms with Gasteiger partial charge in [0.1, 0.15) is 0 Å². The fraction of sp³-hybridized carbons (Fsp3) is 0.800. The van der Waals surface area contributed by atoms with E-state index in [2.05, 4.69) is 25.7 Å². The number of rotatable bonds is 6. The highest BCUT2D eigenvalue weighted by atomic mass is 16.2. The Hall–Kier alpha value is -0.830. The van der Waals surface area contributed by atoms with Crippen LogP contribution in [0.3, 0.4) is 0 Å². The van der Waals surface area contributed by atoms with E-state index in [-0.39, 0.29) is 5.91 Å². The maximum absolute atomic E-state index is 11.9. The second kappa shape index (κ2) is 7.57. The van der Waals surface area contributed by atoms with E-state index in [1.807, 2.05) is 11.9 Å². The van der Waals surface area contributed by atoms with E-state index in [9.17, 15) is 4.79 Å². The zero-order valence-electron chi connectivity index (χ0n) is 12.2. The van der Waals surface area contributed by atoms with E-state index < -0.39 is 0 Å². The zero-order valence-corrected chi connectivity index (χ0v) is 12.2. The van der Waals surface area contributed by atoms with Gasteiger partial charge in [-0.25, -0.2) is 0 Å². The van der Waals surface area contributed by atoms with Crippen molar-refractivity contribution >= 4 is 5.91 Å². The van der Waals surface area contributed by atoms with Gasteiger partial charge in [-0.2, -0.15) is 0 Å². The first-order valence-electron chi connectivity index (χ1n) is 7.15. The minimum Gasteiger partial charge on any atom is -0.345 e. The summed E-state index contributed by atoms with van der Waals surface area (Å²) in [4.78, 5) is 13.7. The van der Waals surface area contributed by atoms with Crippen molar-refractivity contribution in [3.63, 3.8) is 0 Å². The lowest BCUT2D eigenvalue weighted by atomic mass is 9.91. The molecule has 0 heterocycles. The van der Waals surface area contributed by atoms with E-state index in [1.54, 1.807) is 0 Å². The number of nitrogens with zero attached hydrogens (tertiary/aromatic N) is 1. The van der Waals surface area contributed by atoms with Crippen LogP contribution in [-0.4, -0.2) is 37.0 Å². The lowest BCUT2D eigenvalue weighted by molar-refractivity contribution is -0.130. The van der Waals surface area contributed by atoms with E-state index in [0.29, 0.717) is 18.4 Å². The van der Waals surface area contributed by atoms with Crippen LogP contribution in [0, 0.1) is 5.92 Å². The zero-order chi connectivity index (χ0) is 13.5. The molecule has 1 aliphatic carbocycles. The molecular weight excluding hydrogens is 224 g/mol. The molecule has 0 radical (unpaired) electrons. The van der Waals surface area contributed by atoms with Crippen LogP contribution in [0.15, 0.2) is 12.2 Å². The molecule has 0 saturated heterocycles. The molecule has 1 N–H and O–H groups in total. The first-order chi connectivity index (χ1) is 8.50. The molecule has 0 aliphatic heterocycles. The molecule has 1 fully saturated rings. The Morgan fingerprint density at radius 3 is 2.83 bits per heavy atom. The fourth-order valence-electron chi connectivity index (χ4n) is 2.52. The van der Waals surface area contributed by atoms with Crippen LogP contribution >= 0.6 is 0 Å². The third-order valence-corrected chi connectivity index (χ3v) is 3.53. The minimum absolute atomic E-state index is 0.234. The number of nitrogens with one attached hydrogen (secondary N) is 1. The Labute approximate surface area is 112 Å². The van der Waals surface area contributed by atoms with Gasteiger partial charge in [-0.3, -0.25) is 4.79 Å². The van der Waals surface area contributed by atoms with Crippen LogP contribution in [-0.2, 0) is 4.79 Å². The van der Waals surface area contributed by atoms with Crippen LogP contribution in [0.5, 0.6) is 0 Å². The van der Waals surface area contributed by atoms with Crippen molar-refractivity contribution in [2.24, 2.45) is 5.92 Å². The van der Waals surface area contributed by atoms with Crippen molar-refractivity contribution in [3.05, 3.63) is 12.2 Å². The van der Waals surface area contributed by atoms with Crippen molar-refractivity contribution < 1.29 is 4.79 Å². The van der Waals surface area contributed by atoms with Crippen LogP contribution in [0.2, 0.25) is 0 Å².